The number of carbonyl (C=O) groups excluding carboxylic acids is 4. The molecule has 2 saturated heterocycles. The van der Waals surface area contributed by atoms with Gasteiger partial charge in [-0.05, 0) is 43.2 Å². The van der Waals surface area contributed by atoms with E-state index in [1.807, 2.05) is 17.4 Å². The normalized spacial score (nSPS) is 21.8. The maximum absolute atomic E-state index is 13.0. The summed E-state index contributed by atoms with van der Waals surface area (Å²) in [5.41, 5.74) is 1.63. The number of nitrogens with zero attached hydrogens (tertiary/aromatic N) is 3. The van der Waals surface area contributed by atoms with Crippen molar-refractivity contribution in [1.29, 1.82) is 0 Å². The molecule has 4 heterocycles. The van der Waals surface area contributed by atoms with Gasteiger partial charge in [0.25, 0.3) is 11.8 Å². The predicted molar refractivity (Wildman–Crippen MR) is 120 cm³/mol. The van der Waals surface area contributed by atoms with Crippen LogP contribution in [0.3, 0.4) is 0 Å². The minimum atomic E-state index is -0.933. The second-order valence-electron chi connectivity index (χ2n) is 8.47. The third kappa shape index (κ3) is 3.71. The molecule has 9 heteroatoms. The molecule has 0 spiro atoms. The topological polar surface area (TPSA) is 90.0 Å². The van der Waals surface area contributed by atoms with E-state index in [1.165, 1.54) is 9.88 Å². The number of thiophene rings is 1. The van der Waals surface area contributed by atoms with Crippen molar-refractivity contribution in [3.05, 3.63) is 51.9 Å². The Morgan fingerprint density at radius 1 is 0.969 bits per heavy atom. The first kappa shape index (κ1) is 20.8. The number of benzene rings is 1. The summed E-state index contributed by atoms with van der Waals surface area (Å²) in [6.07, 6.45) is 0.281. The number of hydrogen-bond donors (Lipinski definition) is 1. The van der Waals surface area contributed by atoms with Crippen LogP contribution >= 0.6 is 11.3 Å². The summed E-state index contributed by atoms with van der Waals surface area (Å²) in [6.45, 7) is 6.56. The maximum Gasteiger partial charge on any atom is 0.262 e. The van der Waals surface area contributed by atoms with Gasteiger partial charge in [0.2, 0.25) is 11.8 Å². The molecule has 1 aromatic heterocycles. The zero-order chi connectivity index (χ0) is 22.4. The van der Waals surface area contributed by atoms with Gasteiger partial charge >= 0.3 is 0 Å². The van der Waals surface area contributed by atoms with E-state index in [9.17, 15) is 19.2 Å². The number of piperidine rings is 1. The monoisotopic (exact) mass is 452 g/mol. The number of imide groups is 2. The van der Waals surface area contributed by atoms with Crippen molar-refractivity contribution in [2.45, 2.75) is 32.4 Å². The lowest BCUT2D eigenvalue weighted by molar-refractivity contribution is -0.136. The van der Waals surface area contributed by atoms with E-state index in [0.29, 0.717) is 17.7 Å². The lowest BCUT2D eigenvalue weighted by atomic mass is 10.0. The maximum atomic E-state index is 13.0. The first-order valence-corrected chi connectivity index (χ1v) is 11.6. The van der Waals surface area contributed by atoms with Gasteiger partial charge in [-0.3, -0.25) is 34.3 Å². The molecule has 1 unspecified atom stereocenters. The minimum absolute atomic E-state index is 0.117. The second-order valence-corrected chi connectivity index (χ2v) is 9.74. The van der Waals surface area contributed by atoms with Gasteiger partial charge in [-0.25, -0.2) is 0 Å². The number of nitrogens with one attached hydrogen (secondary N) is 1. The Hall–Kier alpha value is -3.04. The molecule has 3 aliphatic heterocycles. The Morgan fingerprint density at radius 3 is 2.41 bits per heavy atom. The van der Waals surface area contributed by atoms with Crippen molar-refractivity contribution in [2.75, 3.05) is 31.1 Å². The number of carbonyl (C=O) groups is 4. The van der Waals surface area contributed by atoms with Gasteiger partial charge in [-0.2, -0.15) is 0 Å². The molecule has 8 nitrogen and oxygen atoms in total. The number of anilines is 1. The zero-order valence-electron chi connectivity index (χ0n) is 17.8. The van der Waals surface area contributed by atoms with Gasteiger partial charge in [-0.15, -0.1) is 11.3 Å². The fraction of sp³-hybridized carbons (Fsp3) is 0.391. The van der Waals surface area contributed by atoms with Crippen molar-refractivity contribution in [2.24, 2.45) is 0 Å². The molecule has 5 rings (SSSR count). The minimum Gasteiger partial charge on any atom is -0.361 e. The molecule has 1 aromatic carbocycles. The summed E-state index contributed by atoms with van der Waals surface area (Å²) in [5, 5.41) is 3.53. The smallest absolute Gasteiger partial charge is 0.262 e. The third-order valence-corrected chi connectivity index (χ3v) is 7.38. The molecule has 166 valence electrons. The Labute approximate surface area is 189 Å². The van der Waals surface area contributed by atoms with Crippen LogP contribution in [0.1, 0.15) is 44.0 Å². The highest BCUT2D eigenvalue weighted by atomic mass is 32.1. The molecule has 3 aliphatic rings. The third-order valence-electron chi connectivity index (χ3n) is 6.32. The summed E-state index contributed by atoms with van der Waals surface area (Å²) >= 11 is 1.81. The molecule has 2 aromatic rings. The predicted octanol–water partition coefficient (Wildman–Crippen LogP) is 1.78. The standard InChI is InChI=1S/C23H24N4O4S/c1-14-2-7-20(32-14)26-10-8-25(9-11-26)13-15-3-4-16-17(12-15)23(31)27(22(16)30)18-5-6-19(28)24-21(18)29/h2-4,7,12,18H,5-6,8-11,13H2,1H3,(H,24,28,29). The quantitative estimate of drug-likeness (QED) is 0.712. The van der Waals surface area contributed by atoms with Gasteiger partial charge in [0.05, 0.1) is 16.1 Å². The number of piperazine rings is 1. The Morgan fingerprint density at radius 2 is 1.72 bits per heavy atom. The number of fused-ring (bicyclic) bond motifs is 1. The fourth-order valence-electron chi connectivity index (χ4n) is 4.59. The van der Waals surface area contributed by atoms with Crippen molar-refractivity contribution in [3.8, 4) is 0 Å². The van der Waals surface area contributed by atoms with Crippen LogP contribution in [0.4, 0.5) is 5.00 Å². The van der Waals surface area contributed by atoms with Crippen LogP contribution in [0, 0.1) is 6.92 Å². The molecule has 0 aliphatic carbocycles. The SMILES string of the molecule is Cc1ccc(N2CCN(Cc3ccc4c(c3)C(=O)N(C3CCC(=O)NC3=O)C4=O)CC2)s1. The van der Waals surface area contributed by atoms with E-state index >= 15 is 0 Å². The van der Waals surface area contributed by atoms with Gasteiger partial charge in [0.15, 0.2) is 0 Å². The van der Waals surface area contributed by atoms with E-state index in [1.54, 1.807) is 12.1 Å². The van der Waals surface area contributed by atoms with Gasteiger partial charge < -0.3 is 4.90 Å². The molecule has 1 N–H and O–H groups in total. The molecule has 2 fully saturated rings. The van der Waals surface area contributed by atoms with Crippen LogP contribution in [0.2, 0.25) is 0 Å². The van der Waals surface area contributed by atoms with Gasteiger partial charge in [0, 0.05) is 44.0 Å². The van der Waals surface area contributed by atoms with E-state index in [2.05, 4.69) is 34.2 Å². The highest BCUT2D eigenvalue weighted by Gasteiger charge is 2.44. The fourth-order valence-corrected chi connectivity index (χ4v) is 5.51. The van der Waals surface area contributed by atoms with Crippen LogP contribution in [-0.4, -0.2) is 65.6 Å². The number of aryl methyl sites for hydroxylation is 1. The average molecular weight is 453 g/mol. The zero-order valence-corrected chi connectivity index (χ0v) is 18.6. The van der Waals surface area contributed by atoms with Crippen LogP contribution in [0.15, 0.2) is 30.3 Å². The Bertz CT molecular complexity index is 1120. The van der Waals surface area contributed by atoms with Gasteiger partial charge in [-0.1, -0.05) is 6.07 Å². The number of rotatable bonds is 4. The summed E-state index contributed by atoms with van der Waals surface area (Å²) in [6, 6.07) is 8.73. The largest absolute Gasteiger partial charge is 0.361 e. The van der Waals surface area contributed by atoms with E-state index in [-0.39, 0.29) is 18.7 Å². The molecular weight excluding hydrogens is 428 g/mol. The number of amides is 4. The lowest BCUT2D eigenvalue weighted by Gasteiger charge is -2.35. The van der Waals surface area contributed by atoms with Crippen LogP contribution < -0.4 is 10.2 Å². The summed E-state index contributed by atoms with van der Waals surface area (Å²) in [4.78, 5) is 56.5. The van der Waals surface area contributed by atoms with Crippen molar-refractivity contribution in [1.82, 2.24) is 15.1 Å². The van der Waals surface area contributed by atoms with Crippen LogP contribution in [0.25, 0.3) is 0 Å². The molecule has 1 atom stereocenters. The molecule has 0 saturated carbocycles. The molecule has 4 amide bonds. The summed E-state index contributed by atoms with van der Waals surface area (Å²) in [5.74, 6) is -1.89. The summed E-state index contributed by atoms with van der Waals surface area (Å²) < 4.78 is 0. The molecule has 0 radical (unpaired) electrons. The Kier molecular flexibility index (Phi) is 5.30. The lowest BCUT2D eigenvalue weighted by Crippen LogP contribution is -2.54. The average Bonchev–Trinajstić information content (AvgIpc) is 3.31. The van der Waals surface area contributed by atoms with Gasteiger partial charge in [0.1, 0.15) is 6.04 Å². The Balaban J connectivity index is 1.26. The molecule has 32 heavy (non-hydrogen) atoms. The first-order chi connectivity index (χ1) is 15.4. The highest BCUT2D eigenvalue weighted by molar-refractivity contribution is 7.16. The van der Waals surface area contributed by atoms with Crippen molar-refractivity contribution < 1.29 is 19.2 Å². The van der Waals surface area contributed by atoms with Crippen molar-refractivity contribution in [3.63, 3.8) is 0 Å². The van der Waals surface area contributed by atoms with Crippen LogP contribution in [0.5, 0.6) is 0 Å². The van der Waals surface area contributed by atoms with E-state index in [0.717, 1.165) is 36.6 Å². The highest BCUT2D eigenvalue weighted by Crippen LogP contribution is 2.29. The van der Waals surface area contributed by atoms with E-state index in [4.69, 9.17) is 0 Å². The molecular formula is C23H24N4O4S. The first-order valence-electron chi connectivity index (χ1n) is 10.8. The second kappa shape index (κ2) is 8.14. The van der Waals surface area contributed by atoms with E-state index < -0.39 is 23.8 Å². The van der Waals surface area contributed by atoms with Crippen molar-refractivity contribution >= 4 is 40.0 Å². The summed E-state index contributed by atoms with van der Waals surface area (Å²) in [7, 11) is 0. The molecule has 0 bridgehead atoms. The van der Waals surface area contributed by atoms with Crippen LogP contribution in [-0.2, 0) is 16.1 Å². The number of hydrogen-bond acceptors (Lipinski definition) is 7.